The molecule has 0 N–H and O–H groups in total. The average molecular weight is 467 g/mol. The largest absolute Gasteiger partial charge is 0.399 e. The fourth-order valence-electron chi connectivity index (χ4n) is 4.81. The van der Waals surface area contributed by atoms with E-state index in [2.05, 4.69) is 15.0 Å². The first kappa shape index (κ1) is 22.6. The summed E-state index contributed by atoms with van der Waals surface area (Å²) in [5.74, 6) is -2.31. The van der Waals surface area contributed by atoms with Crippen LogP contribution in [0.5, 0.6) is 0 Å². The minimum atomic E-state index is -0.935. The minimum Gasteiger partial charge on any atom is -0.399 e. The van der Waals surface area contributed by atoms with Crippen LogP contribution in [0.4, 0.5) is 13.2 Å². The number of hydrogen-bond donors (Lipinski definition) is 0. The molecule has 0 atom stereocenters. The summed E-state index contributed by atoms with van der Waals surface area (Å²) in [6, 6.07) is 12.9. The zero-order valence-electron chi connectivity index (χ0n) is 18.7. The molecule has 3 heterocycles. The van der Waals surface area contributed by atoms with Gasteiger partial charge in [-0.2, -0.15) is 4.39 Å². The van der Waals surface area contributed by atoms with Crippen LogP contribution < -0.4 is 0 Å². The molecular weight excluding hydrogens is 443 g/mol. The molecule has 0 amide bonds. The van der Waals surface area contributed by atoms with Crippen molar-refractivity contribution in [2.75, 3.05) is 20.2 Å². The third-order valence-corrected chi connectivity index (χ3v) is 6.62. The van der Waals surface area contributed by atoms with Crippen molar-refractivity contribution >= 4 is 5.71 Å². The van der Waals surface area contributed by atoms with Crippen molar-refractivity contribution < 1.29 is 22.7 Å². The van der Waals surface area contributed by atoms with Gasteiger partial charge in [0.05, 0.1) is 12.2 Å². The Hall–Kier alpha value is -3.23. The molecule has 3 aromatic rings. The summed E-state index contributed by atoms with van der Waals surface area (Å²) < 4.78 is 46.6. The van der Waals surface area contributed by atoms with Gasteiger partial charge in [0, 0.05) is 42.5 Å². The van der Waals surface area contributed by atoms with Gasteiger partial charge in [0.1, 0.15) is 12.8 Å². The maximum Gasteiger partial charge on any atom is 0.213 e. The molecule has 0 radical (unpaired) electrons. The average Bonchev–Trinajstić information content (AvgIpc) is 3.18. The van der Waals surface area contributed by atoms with Gasteiger partial charge < -0.3 is 9.57 Å². The zero-order valence-corrected chi connectivity index (χ0v) is 18.7. The predicted molar refractivity (Wildman–Crippen MR) is 121 cm³/mol. The Morgan fingerprint density at radius 1 is 1.03 bits per heavy atom. The van der Waals surface area contributed by atoms with Crippen molar-refractivity contribution in [3.63, 3.8) is 0 Å². The van der Waals surface area contributed by atoms with E-state index in [9.17, 15) is 13.2 Å². The Morgan fingerprint density at radius 3 is 2.47 bits per heavy atom. The zero-order chi connectivity index (χ0) is 23.7. The van der Waals surface area contributed by atoms with Crippen LogP contribution in [-0.2, 0) is 28.3 Å². The lowest BCUT2D eigenvalue weighted by Crippen LogP contribution is -2.42. The van der Waals surface area contributed by atoms with Gasteiger partial charge in [-0.25, -0.2) is 13.8 Å². The van der Waals surface area contributed by atoms with E-state index < -0.39 is 17.6 Å². The van der Waals surface area contributed by atoms with E-state index in [0.29, 0.717) is 17.9 Å². The number of likely N-dealkylation sites (tertiary alicyclic amines) is 1. The molecule has 1 fully saturated rings. The topological polar surface area (TPSA) is 47.0 Å². The molecular formula is C26H24F3N3O2. The summed E-state index contributed by atoms with van der Waals surface area (Å²) in [6.07, 6.45) is 3.27. The SMILES string of the molecule is CON=C(c1ccc(CN2CCC3(CC2)OCc2cc(F)ncc23)cc1)c1ccc(F)c(F)c1. The van der Waals surface area contributed by atoms with Crippen LogP contribution in [0.15, 0.2) is 59.9 Å². The summed E-state index contributed by atoms with van der Waals surface area (Å²) in [4.78, 5) is 11.1. The van der Waals surface area contributed by atoms with Crippen molar-refractivity contribution in [3.8, 4) is 0 Å². The van der Waals surface area contributed by atoms with Crippen LogP contribution in [0.25, 0.3) is 0 Å². The molecule has 5 nitrogen and oxygen atoms in total. The Balaban J connectivity index is 1.26. The molecule has 34 heavy (non-hydrogen) atoms. The van der Waals surface area contributed by atoms with E-state index in [1.54, 1.807) is 6.20 Å². The van der Waals surface area contributed by atoms with Gasteiger partial charge in [-0.05, 0) is 48.2 Å². The van der Waals surface area contributed by atoms with Gasteiger partial charge in [0.2, 0.25) is 5.95 Å². The van der Waals surface area contributed by atoms with E-state index in [-0.39, 0.29) is 5.60 Å². The first-order valence-corrected chi connectivity index (χ1v) is 11.1. The van der Waals surface area contributed by atoms with Crippen LogP contribution in [0.3, 0.4) is 0 Å². The number of rotatable bonds is 5. The highest BCUT2D eigenvalue weighted by Gasteiger charge is 2.43. The van der Waals surface area contributed by atoms with Crippen molar-refractivity contribution in [1.82, 2.24) is 9.88 Å². The van der Waals surface area contributed by atoms with Crippen LogP contribution >= 0.6 is 0 Å². The Labute approximate surface area is 195 Å². The molecule has 0 unspecified atom stereocenters. The number of aromatic nitrogens is 1. The van der Waals surface area contributed by atoms with Crippen molar-refractivity contribution in [3.05, 3.63) is 100 Å². The van der Waals surface area contributed by atoms with Crippen LogP contribution in [-0.4, -0.2) is 35.8 Å². The van der Waals surface area contributed by atoms with Crippen LogP contribution in [0.1, 0.15) is 40.7 Å². The summed E-state index contributed by atoms with van der Waals surface area (Å²) >= 11 is 0. The summed E-state index contributed by atoms with van der Waals surface area (Å²) in [5.41, 5.74) is 4.26. The number of halogens is 3. The standard InChI is InChI=1S/C26H24F3N3O2/c1-33-31-25(19-6-7-22(27)23(28)12-19)18-4-2-17(3-5-18)15-32-10-8-26(9-11-32)21-14-30-24(29)13-20(21)16-34-26/h2-7,12-14H,8-11,15-16H2,1H3. The number of ether oxygens (including phenoxy) is 1. The van der Waals surface area contributed by atoms with Gasteiger partial charge in [-0.3, -0.25) is 4.90 Å². The van der Waals surface area contributed by atoms with Gasteiger partial charge in [0.15, 0.2) is 11.6 Å². The van der Waals surface area contributed by atoms with Crippen molar-refractivity contribution in [2.24, 2.45) is 5.16 Å². The van der Waals surface area contributed by atoms with Crippen molar-refractivity contribution in [2.45, 2.75) is 31.6 Å². The molecule has 176 valence electrons. The number of fused-ring (bicyclic) bond motifs is 2. The molecule has 0 bridgehead atoms. The second-order valence-corrected chi connectivity index (χ2v) is 8.67. The van der Waals surface area contributed by atoms with E-state index in [0.717, 1.165) is 66.9 Å². The quantitative estimate of drug-likeness (QED) is 0.304. The first-order chi connectivity index (χ1) is 16.5. The second-order valence-electron chi connectivity index (χ2n) is 8.67. The van der Waals surface area contributed by atoms with Gasteiger partial charge >= 0.3 is 0 Å². The number of nitrogens with zero attached hydrogens (tertiary/aromatic N) is 3. The normalized spacial score (nSPS) is 17.7. The number of pyridine rings is 1. The van der Waals surface area contributed by atoms with Crippen LogP contribution in [0.2, 0.25) is 0 Å². The minimum absolute atomic E-state index is 0.369. The number of piperidine rings is 1. The Kier molecular flexibility index (Phi) is 6.10. The third-order valence-electron chi connectivity index (χ3n) is 6.62. The van der Waals surface area contributed by atoms with Crippen molar-refractivity contribution in [1.29, 1.82) is 0 Å². The lowest BCUT2D eigenvalue weighted by atomic mass is 9.84. The van der Waals surface area contributed by atoms with E-state index in [1.807, 2.05) is 24.3 Å². The maximum absolute atomic E-state index is 13.7. The summed E-state index contributed by atoms with van der Waals surface area (Å²) in [7, 11) is 1.41. The fourth-order valence-corrected chi connectivity index (χ4v) is 4.81. The molecule has 2 aromatic carbocycles. The highest BCUT2D eigenvalue weighted by molar-refractivity contribution is 6.12. The number of oxime groups is 1. The van der Waals surface area contributed by atoms with Gasteiger partial charge in [-0.1, -0.05) is 29.4 Å². The summed E-state index contributed by atoms with van der Waals surface area (Å²) in [6.45, 7) is 2.90. The smallest absolute Gasteiger partial charge is 0.213 e. The summed E-state index contributed by atoms with van der Waals surface area (Å²) in [5, 5.41) is 4.02. The molecule has 0 saturated carbocycles. The fraction of sp³-hybridized carbons (Fsp3) is 0.308. The maximum atomic E-state index is 13.7. The molecule has 1 saturated heterocycles. The molecule has 8 heteroatoms. The first-order valence-electron chi connectivity index (χ1n) is 11.1. The molecule has 5 rings (SSSR count). The number of benzene rings is 2. The predicted octanol–water partition coefficient (Wildman–Crippen LogP) is 4.92. The second kappa shape index (κ2) is 9.19. The molecule has 1 aromatic heterocycles. The lowest BCUT2D eigenvalue weighted by molar-refractivity contribution is -0.0800. The highest BCUT2D eigenvalue weighted by atomic mass is 19.2. The number of hydrogen-bond acceptors (Lipinski definition) is 5. The molecule has 0 aliphatic carbocycles. The Bertz CT molecular complexity index is 1220. The van der Waals surface area contributed by atoms with E-state index in [1.165, 1.54) is 19.2 Å². The monoisotopic (exact) mass is 467 g/mol. The molecule has 1 spiro atoms. The molecule has 2 aliphatic rings. The molecule has 2 aliphatic heterocycles. The van der Waals surface area contributed by atoms with Crippen LogP contribution in [0, 0.1) is 17.6 Å². The third kappa shape index (κ3) is 4.31. The van der Waals surface area contributed by atoms with E-state index in [4.69, 9.17) is 9.57 Å². The highest BCUT2D eigenvalue weighted by Crippen LogP contribution is 2.44. The van der Waals surface area contributed by atoms with Gasteiger partial charge in [-0.15, -0.1) is 0 Å². The van der Waals surface area contributed by atoms with E-state index >= 15 is 0 Å². The lowest BCUT2D eigenvalue weighted by Gasteiger charge is -2.39. The van der Waals surface area contributed by atoms with Gasteiger partial charge in [0.25, 0.3) is 0 Å². The Morgan fingerprint density at radius 2 is 1.76 bits per heavy atom.